The summed E-state index contributed by atoms with van der Waals surface area (Å²) < 4.78 is 1.50. The Kier molecular flexibility index (Phi) is 4.50. The van der Waals surface area contributed by atoms with Crippen LogP contribution >= 0.6 is 43.5 Å². The topological polar surface area (TPSA) is 55.1 Å². The van der Waals surface area contributed by atoms with Crippen molar-refractivity contribution >= 4 is 60.7 Å². The first kappa shape index (κ1) is 14.4. The smallest absolute Gasteiger partial charge is 0.257 e. The van der Waals surface area contributed by atoms with E-state index in [1.54, 1.807) is 36.4 Å². The Labute approximate surface area is 132 Å². The van der Waals surface area contributed by atoms with Gasteiger partial charge >= 0.3 is 0 Å². The maximum absolute atomic E-state index is 12.2. The number of amides is 1. The van der Waals surface area contributed by atoms with Gasteiger partial charge in [0.2, 0.25) is 0 Å². The summed E-state index contributed by atoms with van der Waals surface area (Å²) in [5.74, 6) is -0.276. The fraction of sp³-hybridized carbons (Fsp3) is 0. The zero-order valence-electron chi connectivity index (χ0n) is 9.58. The third-order valence-corrected chi connectivity index (χ3v) is 3.82. The molecule has 0 bridgehead atoms. The van der Waals surface area contributed by atoms with E-state index < -0.39 is 0 Å². The Hall–Kier alpha value is -1.04. The number of hydrogen-bond donors (Lipinski definition) is 2. The predicted molar refractivity (Wildman–Crippen MR) is 85.7 cm³/mol. The van der Waals surface area contributed by atoms with E-state index in [9.17, 15) is 4.79 Å². The standard InChI is InChI=1S/C13H9Br2ClN2O/c14-7-1-3-11(17)9(5-7)13(19)18-12-4-2-8(16)6-10(12)15/h1-6H,17H2,(H,18,19). The highest BCUT2D eigenvalue weighted by Crippen LogP contribution is 2.27. The van der Waals surface area contributed by atoms with Crippen molar-refractivity contribution in [1.82, 2.24) is 0 Å². The Bertz CT molecular complexity index is 647. The first-order valence-corrected chi connectivity index (χ1v) is 7.25. The molecule has 2 rings (SSSR count). The monoisotopic (exact) mass is 402 g/mol. The molecule has 0 aliphatic heterocycles. The minimum Gasteiger partial charge on any atom is -0.398 e. The van der Waals surface area contributed by atoms with E-state index in [4.69, 9.17) is 17.3 Å². The average Bonchev–Trinajstić information content (AvgIpc) is 2.35. The minimum atomic E-state index is -0.276. The number of hydrogen-bond acceptors (Lipinski definition) is 2. The maximum atomic E-state index is 12.2. The van der Waals surface area contributed by atoms with Gasteiger partial charge in [0.1, 0.15) is 0 Å². The molecule has 2 aromatic carbocycles. The highest BCUT2D eigenvalue weighted by Gasteiger charge is 2.12. The van der Waals surface area contributed by atoms with Crippen LogP contribution in [0.5, 0.6) is 0 Å². The average molecular weight is 404 g/mol. The lowest BCUT2D eigenvalue weighted by Gasteiger charge is -2.09. The number of halogens is 3. The third-order valence-electron chi connectivity index (χ3n) is 2.44. The molecule has 0 fully saturated rings. The number of nitrogens with two attached hydrogens (primary N) is 1. The van der Waals surface area contributed by atoms with Gasteiger partial charge in [-0.15, -0.1) is 0 Å². The molecule has 98 valence electrons. The van der Waals surface area contributed by atoms with Crippen LogP contribution in [0.1, 0.15) is 10.4 Å². The van der Waals surface area contributed by atoms with Gasteiger partial charge in [-0.1, -0.05) is 27.5 Å². The van der Waals surface area contributed by atoms with Crippen LogP contribution < -0.4 is 11.1 Å². The summed E-state index contributed by atoms with van der Waals surface area (Å²) in [6.45, 7) is 0. The second kappa shape index (κ2) is 5.94. The number of rotatable bonds is 2. The molecule has 0 saturated carbocycles. The molecule has 19 heavy (non-hydrogen) atoms. The van der Waals surface area contributed by atoms with Gasteiger partial charge in [0.05, 0.1) is 11.3 Å². The van der Waals surface area contributed by atoms with Crippen molar-refractivity contribution in [2.45, 2.75) is 0 Å². The summed E-state index contributed by atoms with van der Waals surface area (Å²) >= 11 is 12.5. The largest absolute Gasteiger partial charge is 0.398 e. The molecule has 0 aliphatic carbocycles. The van der Waals surface area contributed by atoms with Crippen molar-refractivity contribution in [1.29, 1.82) is 0 Å². The first-order chi connectivity index (χ1) is 8.97. The number of nitrogen functional groups attached to an aromatic ring is 1. The maximum Gasteiger partial charge on any atom is 0.257 e. The number of benzene rings is 2. The van der Waals surface area contributed by atoms with Gasteiger partial charge in [0.15, 0.2) is 0 Å². The predicted octanol–water partition coefficient (Wildman–Crippen LogP) is 4.70. The second-order valence-corrected chi connectivity index (χ2v) is 6.02. The molecule has 0 unspecified atom stereocenters. The van der Waals surface area contributed by atoms with Crippen LogP contribution in [0.25, 0.3) is 0 Å². The van der Waals surface area contributed by atoms with E-state index in [1.807, 2.05) is 0 Å². The van der Waals surface area contributed by atoms with E-state index in [1.165, 1.54) is 0 Å². The van der Waals surface area contributed by atoms with Crippen molar-refractivity contribution in [2.75, 3.05) is 11.1 Å². The van der Waals surface area contributed by atoms with Crippen LogP contribution in [-0.4, -0.2) is 5.91 Å². The van der Waals surface area contributed by atoms with Gasteiger partial charge < -0.3 is 11.1 Å². The summed E-state index contributed by atoms with van der Waals surface area (Å²) in [7, 11) is 0. The van der Waals surface area contributed by atoms with Crippen LogP contribution in [0.4, 0.5) is 11.4 Å². The summed E-state index contributed by atoms with van der Waals surface area (Å²) in [4.78, 5) is 12.2. The van der Waals surface area contributed by atoms with E-state index in [0.717, 1.165) is 4.47 Å². The van der Waals surface area contributed by atoms with Gasteiger partial charge in [-0.25, -0.2) is 0 Å². The quantitative estimate of drug-likeness (QED) is 0.713. The SMILES string of the molecule is Nc1ccc(Br)cc1C(=O)Nc1ccc(Cl)cc1Br. The van der Waals surface area contributed by atoms with E-state index in [0.29, 0.717) is 26.4 Å². The van der Waals surface area contributed by atoms with Crippen LogP contribution in [0, 0.1) is 0 Å². The molecule has 0 spiro atoms. The lowest BCUT2D eigenvalue weighted by atomic mass is 10.1. The van der Waals surface area contributed by atoms with E-state index in [-0.39, 0.29) is 5.91 Å². The number of anilines is 2. The summed E-state index contributed by atoms with van der Waals surface area (Å²) in [6, 6.07) is 10.3. The fourth-order valence-electron chi connectivity index (χ4n) is 1.51. The minimum absolute atomic E-state index is 0.276. The highest BCUT2D eigenvalue weighted by molar-refractivity contribution is 9.10. The molecule has 0 heterocycles. The van der Waals surface area contributed by atoms with Gasteiger partial charge in [0.25, 0.3) is 5.91 Å². The van der Waals surface area contributed by atoms with Crippen LogP contribution in [0.2, 0.25) is 5.02 Å². The molecular formula is C13H9Br2ClN2O. The van der Waals surface area contributed by atoms with Crippen molar-refractivity contribution in [2.24, 2.45) is 0 Å². The van der Waals surface area contributed by atoms with Crippen molar-refractivity contribution in [3.63, 3.8) is 0 Å². The first-order valence-electron chi connectivity index (χ1n) is 5.29. The van der Waals surface area contributed by atoms with Crippen LogP contribution in [0.3, 0.4) is 0 Å². The Morgan fingerprint density at radius 3 is 2.58 bits per heavy atom. The molecule has 0 aromatic heterocycles. The lowest BCUT2D eigenvalue weighted by molar-refractivity contribution is 0.102. The number of carbonyl (C=O) groups is 1. The molecule has 0 radical (unpaired) electrons. The van der Waals surface area contributed by atoms with Crippen molar-refractivity contribution < 1.29 is 4.79 Å². The number of carbonyl (C=O) groups excluding carboxylic acids is 1. The lowest BCUT2D eigenvalue weighted by Crippen LogP contribution is -2.14. The van der Waals surface area contributed by atoms with E-state index in [2.05, 4.69) is 37.2 Å². The zero-order chi connectivity index (χ0) is 14.0. The normalized spacial score (nSPS) is 10.3. The summed E-state index contributed by atoms with van der Waals surface area (Å²) in [5.41, 5.74) is 7.26. The second-order valence-electron chi connectivity index (χ2n) is 3.81. The van der Waals surface area contributed by atoms with Gasteiger partial charge in [-0.2, -0.15) is 0 Å². The number of nitrogens with one attached hydrogen (secondary N) is 1. The van der Waals surface area contributed by atoms with Crippen LogP contribution in [-0.2, 0) is 0 Å². The molecule has 3 N–H and O–H groups in total. The Balaban J connectivity index is 2.28. The van der Waals surface area contributed by atoms with Crippen molar-refractivity contribution in [3.05, 3.63) is 55.9 Å². The fourth-order valence-corrected chi connectivity index (χ4v) is 2.65. The Morgan fingerprint density at radius 2 is 1.89 bits per heavy atom. The van der Waals surface area contributed by atoms with Crippen molar-refractivity contribution in [3.8, 4) is 0 Å². The highest BCUT2D eigenvalue weighted by atomic mass is 79.9. The summed E-state index contributed by atoms with van der Waals surface area (Å²) in [5, 5.41) is 3.37. The van der Waals surface area contributed by atoms with Gasteiger partial charge in [-0.3, -0.25) is 4.79 Å². The Morgan fingerprint density at radius 1 is 1.16 bits per heavy atom. The molecular weight excluding hydrogens is 395 g/mol. The molecule has 0 aliphatic rings. The molecule has 3 nitrogen and oxygen atoms in total. The third kappa shape index (κ3) is 3.49. The van der Waals surface area contributed by atoms with E-state index >= 15 is 0 Å². The summed E-state index contributed by atoms with van der Waals surface area (Å²) in [6.07, 6.45) is 0. The molecule has 0 atom stereocenters. The molecule has 6 heteroatoms. The molecule has 1 amide bonds. The molecule has 2 aromatic rings. The molecule has 0 saturated heterocycles. The van der Waals surface area contributed by atoms with Gasteiger partial charge in [0, 0.05) is 19.7 Å². The van der Waals surface area contributed by atoms with Crippen LogP contribution in [0.15, 0.2) is 45.3 Å². The zero-order valence-corrected chi connectivity index (χ0v) is 13.5. The van der Waals surface area contributed by atoms with Gasteiger partial charge in [-0.05, 0) is 52.3 Å².